The van der Waals surface area contributed by atoms with Crippen molar-refractivity contribution < 1.29 is 32.6 Å². The number of fused-ring (bicyclic) bond motifs is 1. The van der Waals surface area contributed by atoms with Gasteiger partial charge in [0.1, 0.15) is 6.61 Å². The van der Waals surface area contributed by atoms with Crippen LogP contribution in [0.5, 0.6) is 5.75 Å². The van der Waals surface area contributed by atoms with E-state index in [1.807, 2.05) is 30.3 Å². The second-order valence-corrected chi connectivity index (χ2v) is 8.75. The normalized spacial score (nSPS) is 11.2. The molecule has 5 nitrogen and oxygen atoms in total. The molecule has 37 heavy (non-hydrogen) atoms. The minimum absolute atomic E-state index is 0.0230. The molecule has 3 rings (SSSR count). The third-order valence-corrected chi connectivity index (χ3v) is 5.51. The van der Waals surface area contributed by atoms with E-state index < -0.39 is 35.9 Å². The van der Waals surface area contributed by atoms with Crippen molar-refractivity contribution in [1.29, 1.82) is 0 Å². The molecule has 0 radical (unpaired) electrons. The Kier molecular flexibility index (Phi) is 8.50. The SMILES string of the molecule is C=C(C)C(=O)Cc1ccc2cc(/C=C(\C)C(=O)Oc3ccc(COC(=O)C(=C)C)c(F)c3F)ccc2c1. The number of Topliss-reactive ketones (excluding diaryl/α,β-unsaturated/α-hetero) is 1. The number of halogens is 2. The first-order chi connectivity index (χ1) is 17.5. The van der Waals surface area contributed by atoms with Crippen LogP contribution in [0.3, 0.4) is 0 Å². The van der Waals surface area contributed by atoms with Crippen LogP contribution in [0, 0.1) is 11.6 Å². The number of rotatable bonds is 9. The zero-order valence-corrected chi connectivity index (χ0v) is 20.8. The first-order valence-electron chi connectivity index (χ1n) is 11.4. The van der Waals surface area contributed by atoms with Gasteiger partial charge < -0.3 is 9.47 Å². The molecule has 0 bridgehead atoms. The summed E-state index contributed by atoms with van der Waals surface area (Å²) < 4.78 is 38.7. The van der Waals surface area contributed by atoms with Crippen LogP contribution in [0.15, 0.2) is 78.4 Å². The topological polar surface area (TPSA) is 69.7 Å². The number of benzene rings is 3. The Morgan fingerprint density at radius 2 is 1.51 bits per heavy atom. The lowest BCUT2D eigenvalue weighted by Crippen LogP contribution is -2.12. The molecule has 0 atom stereocenters. The number of ketones is 1. The molecule has 0 N–H and O–H groups in total. The van der Waals surface area contributed by atoms with Gasteiger partial charge in [-0.25, -0.2) is 14.0 Å². The molecule has 0 aliphatic carbocycles. The Hall–Kier alpha value is -4.39. The highest BCUT2D eigenvalue weighted by Gasteiger charge is 2.19. The summed E-state index contributed by atoms with van der Waals surface area (Å²) in [5.74, 6) is -4.83. The smallest absolute Gasteiger partial charge is 0.339 e. The fourth-order valence-electron chi connectivity index (χ4n) is 3.37. The molecular formula is C30H26F2O5. The largest absolute Gasteiger partial charge is 0.457 e. The average molecular weight is 505 g/mol. The van der Waals surface area contributed by atoms with Gasteiger partial charge in [0.25, 0.3) is 0 Å². The first-order valence-corrected chi connectivity index (χ1v) is 11.4. The molecule has 3 aromatic carbocycles. The van der Waals surface area contributed by atoms with Crippen molar-refractivity contribution in [2.75, 3.05) is 0 Å². The van der Waals surface area contributed by atoms with Crippen LogP contribution in [-0.4, -0.2) is 17.7 Å². The highest BCUT2D eigenvalue weighted by molar-refractivity contribution is 5.97. The van der Waals surface area contributed by atoms with Crippen LogP contribution in [0.1, 0.15) is 37.5 Å². The molecule has 0 aliphatic rings. The lowest BCUT2D eigenvalue weighted by atomic mass is 9.99. The number of esters is 2. The van der Waals surface area contributed by atoms with E-state index in [1.54, 1.807) is 19.1 Å². The fraction of sp³-hybridized carbons (Fsp3) is 0.167. The van der Waals surface area contributed by atoms with Crippen molar-refractivity contribution >= 4 is 34.6 Å². The molecule has 0 saturated heterocycles. The summed E-state index contributed by atoms with van der Waals surface area (Å²) in [5, 5.41) is 1.83. The van der Waals surface area contributed by atoms with Gasteiger partial charge in [0.05, 0.1) is 0 Å². The second kappa shape index (κ2) is 11.6. The highest BCUT2D eigenvalue weighted by atomic mass is 19.2. The van der Waals surface area contributed by atoms with Gasteiger partial charge in [0.15, 0.2) is 17.3 Å². The molecule has 0 spiro atoms. The van der Waals surface area contributed by atoms with E-state index >= 15 is 0 Å². The van der Waals surface area contributed by atoms with Crippen molar-refractivity contribution in [3.05, 3.63) is 107 Å². The van der Waals surface area contributed by atoms with Crippen molar-refractivity contribution in [1.82, 2.24) is 0 Å². The van der Waals surface area contributed by atoms with Crippen LogP contribution in [0.25, 0.3) is 16.8 Å². The maximum atomic E-state index is 14.5. The lowest BCUT2D eigenvalue weighted by Gasteiger charge is -2.10. The maximum Gasteiger partial charge on any atom is 0.339 e. The number of ether oxygens (including phenoxy) is 2. The van der Waals surface area contributed by atoms with Gasteiger partial charge in [-0.1, -0.05) is 43.5 Å². The van der Waals surface area contributed by atoms with Crippen LogP contribution in [0.2, 0.25) is 0 Å². The predicted molar refractivity (Wildman–Crippen MR) is 138 cm³/mol. The number of hydrogen-bond donors (Lipinski definition) is 0. The molecule has 0 saturated carbocycles. The Bertz CT molecular complexity index is 1470. The number of carbonyl (C=O) groups excluding carboxylic acids is 3. The minimum atomic E-state index is -1.36. The third-order valence-electron chi connectivity index (χ3n) is 5.51. The zero-order valence-electron chi connectivity index (χ0n) is 20.8. The van der Waals surface area contributed by atoms with Crippen LogP contribution in [-0.2, 0) is 32.1 Å². The summed E-state index contributed by atoms with van der Waals surface area (Å²) in [6, 6.07) is 13.5. The molecule has 0 fully saturated rings. The molecular weight excluding hydrogens is 478 g/mol. The summed E-state index contributed by atoms with van der Waals surface area (Å²) in [6.07, 6.45) is 1.84. The van der Waals surface area contributed by atoms with Crippen molar-refractivity contribution in [3.63, 3.8) is 0 Å². The fourth-order valence-corrected chi connectivity index (χ4v) is 3.37. The van der Waals surface area contributed by atoms with Gasteiger partial charge in [-0.3, -0.25) is 4.79 Å². The van der Waals surface area contributed by atoms with Gasteiger partial charge in [-0.2, -0.15) is 4.39 Å². The Labute approximate surface area is 213 Å². The first kappa shape index (κ1) is 27.2. The Balaban J connectivity index is 1.73. The summed E-state index contributed by atoms with van der Waals surface area (Å²) in [6.45, 7) is 11.2. The molecule has 3 aromatic rings. The predicted octanol–water partition coefficient (Wildman–Crippen LogP) is 6.43. The van der Waals surface area contributed by atoms with Crippen LogP contribution < -0.4 is 4.74 Å². The van der Waals surface area contributed by atoms with Gasteiger partial charge in [0, 0.05) is 23.1 Å². The molecule has 7 heteroatoms. The van der Waals surface area contributed by atoms with Gasteiger partial charge in [0.2, 0.25) is 5.82 Å². The van der Waals surface area contributed by atoms with Crippen molar-refractivity contribution in [2.45, 2.75) is 33.8 Å². The van der Waals surface area contributed by atoms with E-state index in [0.29, 0.717) is 11.1 Å². The Morgan fingerprint density at radius 3 is 2.19 bits per heavy atom. The summed E-state index contributed by atoms with van der Waals surface area (Å²) in [4.78, 5) is 35.9. The van der Waals surface area contributed by atoms with E-state index in [4.69, 9.17) is 9.47 Å². The second-order valence-electron chi connectivity index (χ2n) is 8.75. The molecule has 190 valence electrons. The van der Waals surface area contributed by atoms with Crippen LogP contribution in [0.4, 0.5) is 8.78 Å². The third kappa shape index (κ3) is 6.85. The number of hydrogen-bond acceptors (Lipinski definition) is 5. The average Bonchev–Trinajstić information content (AvgIpc) is 2.85. The van der Waals surface area contributed by atoms with E-state index in [0.717, 1.165) is 22.4 Å². The minimum Gasteiger partial charge on any atom is -0.457 e. The number of allylic oxidation sites excluding steroid dienone is 1. The quantitative estimate of drug-likeness (QED) is 0.191. The monoisotopic (exact) mass is 504 g/mol. The van der Waals surface area contributed by atoms with Crippen molar-refractivity contribution in [3.8, 4) is 5.75 Å². The molecule has 0 aliphatic heterocycles. The lowest BCUT2D eigenvalue weighted by molar-refractivity contribution is -0.140. The van der Waals surface area contributed by atoms with E-state index in [1.165, 1.54) is 19.9 Å². The standard InChI is InChI=1S/C30H26F2O5/c1-17(2)25(33)15-21-7-9-22-13-20(6-8-23(22)14-21)12-19(5)30(35)37-26-11-10-24(27(31)28(26)32)16-36-29(34)18(3)4/h6-14H,1,3,15-16H2,2,4-5H3/b19-12+. The van der Waals surface area contributed by atoms with Gasteiger partial charge in [-0.05, 0) is 72.5 Å². The summed E-state index contributed by atoms with van der Waals surface area (Å²) in [7, 11) is 0. The van der Waals surface area contributed by atoms with Crippen molar-refractivity contribution in [2.24, 2.45) is 0 Å². The van der Waals surface area contributed by atoms with Crippen LogP contribution >= 0.6 is 0 Å². The zero-order chi connectivity index (χ0) is 27.3. The van der Waals surface area contributed by atoms with E-state index in [-0.39, 0.29) is 28.9 Å². The summed E-state index contributed by atoms with van der Waals surface area (Å²) in [5.41, 5.74) is 2.17. The van der Waals surface area contributed by atoms with Gasteiger partial charge >= 0.3 is 11.9 Å². The molecule has 0 amide bonds. The molecule has 0 unspecified atom stereocenters. The number of carbonyl (C=O) groups is 3. The summed E-state index contributed by atoms with van der Waals surface area (Å²) >= 11 is 0. The van der Waals surface area contributed by atoms with E-state index in [2.05, 4.69) is 13.2 Å². The maximum absolute atomic E-state index is 14.5. The highest BCUT2D eigenvalue weighted by Crippen LogP contribution is 2.25. The Morgan fingerprint density at radius 1 is 0.838 bits per heavy atom. The van der Waals surface area contributed by atoms with E-state index in [9.17, 15) is 23.2 Å². The molecule has 0 aromatic heterocycles. The molecule has 0 heterocycles. The van der Waals surface area contributed by atoms with Gasteiger partial charge in [-0.15, -0.1) is 0 Å².